The van der Waals surface area contributed by atoms with E-state index in [1.807, 2.05) is 13.0 Å². The van der Waals surface area contributed by atoms with Crippen molar-refractivity contribution in [3.63, 3.8) is 0 Å². The molecule has 136 valence electrons. The summed E-state index contributed by atoms with van der Waals surface area (Å²) in [7, 11) is 0. The largest absolute Gasteiger partial charge is 0.492 e. The first kappa shape index (κ1) is 18.5. The number of anilines is 2. The van der Waals surface area contributed by atoms with Gasteiger partial charge in [0, 0.05) is 5.02 Å². The van der Waals surface area contributed by atoms with Crippen LogP contribution in [0.5, 0.6) is 5.75 Å². The second kappa shape index (κ2) is 7.56. The minimum absolute atomic E-state index is 0.361. The molecule has 0 aromatic heterocycles. The Morgan fingerprint density at radius 1 is 1.04 bits per heavy atom. The number of hydrogen-bond donors (Lipinski definition) is 2. The lowest BCUT2D eigenvalue weighted by Crippen LogP contribution is -2.35. The zero-order valence-electron chi connectivity index (χ0n) is 14.1. The maximum Gasteiger partial charge on any atom is 0.240 e. The van der Waals surface area contributed by atoms with Gasteiger partial charge in [-0.15, -0.1) is 0 Å². The van der Waals surface area contributed by atoms with Crippen molar-refractivity contribution in [3.05, 3.63) is 52.5 Å². The van der Waals surface area contributed by atoms with Crippen LogP contribution in [0.25, 0.3) is 0 Å². The molecule has 2 aromatic rings. The average molecular weight is 393 g/mol. The predicted octanol–water partition coefficient (Wildman–Crippen LogP) is 4.75. The highest BCUT2D eigenvalue weighted by atomic mass is 35.5. The van der Waals surface area contributed by atoms with Crippen molar-refractivity contribution < 1.29 is 14.3 Å². The molecule has 2 aromatic carbocycles. The summed E-state index contributed by atoms with van der Waals surface area (Å²) < 4.78 is 5.51. The molecule has 1 aliphatic carbocycles. The van der Waals surface area contributed by atoms with Gasteiger partial charge < -0.3 is 15.4 Å². The SMILES string of the molecule is CCOc1ccccc1NC(=O)C1(C(=O)Nc2cc(Cl)ccc2Cl)CC1. The molecule has 0 radical (unpaired) electrons. The molecule has 3 rings (SSSR count). The highest BCUT2D eigenvalue weighted by molar-refractivity contribution is 6.36. The van der Waals surface area contributed by atoms with Crippen molar-refractivity contribution in [3.8, 4) is 5.75 Å². The molecule has 0 aliphatic heterocycles. The van der Waals surface area contributed by atoms with E-state index in [1.165, 1.54) is 0 Å². The Morgan fingerprint density at radius 2 is 1.69 bits per heavy atom. The smallest absolute Gasteiger partial charge is 0.240 e. The lowest BCUT2D eigenvalue weighted by atomic mass is 10.0. The van der Waals surface area contributed by atoms with E-state index in [0.717, 1.165) is 0 Å². The van der Waals surface area contributed by atoms with E-state index in [1.54, 1.807) is 36.4 Å². The molecule has 0 spiro atoms. The van der Waals surface area contributed by atoms with Gasteiger partial charge in [0.2, 0.25) is 11.8 Å². The van der Waals surface area contributed by atoms with Crippen LogP contribution >= 0.6 is 23.2 Å². The Bertz CT molecular complexity index is 850. The Kier molecular flexibility index (Phi) is 5.39. The van der Waals surface area contributed by atoms with Crippen LogP contribution in [0, 0.1) is 5.41 Å². The summed E-state index contributed by atoms with van der Waals surface area (Å²) in [5.41, 5.74) is -0.178. The number of carbonyl (C=O) groups excluding carboxylic acids is 2. The van der Waals surface area contributed by atoms with Crippen LogP contribution in [0.15, 0.2) is 42.5 Å². The number of rotatable bonds is 6. The fourth-order valence-corrected chi connectivity index (χ4v) is 2.95. The summed E-state index contributed by atoms with van der Waals surface area (Å²) in [4.78, 5) is 25.4. The van der Waals surface area contributed by atoms with Crippen molar-refractivity contribution >= 4 is 46.4 Å². The molecule has 0 unspecified atom stereocenters. The van der Waals surface area contributed by atoms with Gasteiger partial charge in [-0.1, -0.05) is 35.3 Å². The van der Waals surface area contributed by atoms with Gasteiger partial charge in [-0.25, -0.2) is 0 Å². The minimum atomic E-state index is -1.11. The van der Waals surface area contributed by atoms with Crippen LogP contribution < -0.4 is 15.4 Å². The van der Waals surface area contributed by atoms with E-state index in [9.17, 15) is 9.59 Å². The van der Waals surface area contributed by atoms with E-state index < -0.39 is 11.3 Å². The zero-order valence-corrected chi connectivity index (χ0v) is 15.7. The molecule has 0 saturated heterocycles. The number of carbonyl (C=O) groups is 2. The van der Waals surface area contributed by atoms with Crippen molar-refractivity contribution in [1.29, 1.82) is 0 Å². The van der Waals surface area contributed by atoms with Gasteiger partial charge >= 0.3 is 0 Å². The highest BCUT2D eigenvalue weighted by Crippen LogP contribution is 2.48. The normalized spacial score (nSPS) is 14.4. The molecular weight excluding hydrogens is 375 g/mol. The van der Waals surface area contributed by atoms with Crippen LogP contribution in [-0.2, 0) is 9.59 Å². The van der Waals surface area contributed by atoms with E-state index in [2.05, 4.69) is 10.6 Å². The van der Waals surface area contributed by atoms with Gasteiger partial charge in [0.05, 0.1) is 23.0 Å². The number of amides is 2. The summed E-state index contributed by atoms with van der Waals surface area (Å²) >= 11 is 12.0. The topological polar surface area (TPSA) is 67.4 Å². The molecule has 2 N–H and O–H groups in total. The fourth-order valence-electron chi connectivity index (χ4n) is 2.61. The quantitative estimate of drug-likeness (QED) is 0.696. The first-order valence-electron chi connectivity index (χ1n) is 8.26. The Balaban J connectivity index is 1.75. The molecule has 0 heterocycles. The highest BCUT2D eigenvalue weighted by Gasteiger charge is 2.56. The van der Waals surface area contributed by atoms with Gasteiger partial charge in [0.1, 0.15) is 11.2 Å². The number of para-hydroxylation sites is 2. The van der Waals surface area contributed by atoms with E-state index >= 15 is 0 Å². The third-order valence-corrected chi connectivity index (χ3v) is 4.80. The first-order valence-corrected chi connectivity index (χ1v) is 9.01. The van der Waals surface area contributed by atoms with Crippen molar-refractivity contribution in [2.75, 3.05) is 17.2 Å². The molecular formula is C19H18Cl2N2O3. The Hall–Kier alpha value is -2.24. The maximum absolute atomic E-state index is 12.8. The molecule has 7 heteroatoms. The molecule has 1 aliphatic rings. The van der Waals surface area contributed by atoms with Crippen LogP contribution in [0.3, 0.4) is 0 Å². The predicted molar refractivity (Wildman–Crippen MR) is 103 cm³/mol. The van der Waals surface area contributed by atoms with E-state index in [4.69, 9.17) is 27.9 Å². The van der Waals surface area contributed by atoms with Crippen molar-refractivity contribution in [2.45, 2.75) is 19.8 Å². The monoisotopic (exact) mass is 392 g/mol. The van der Waals surface area contributed by atoms with Gasteiger partial charge in [0.25, 0.3) is 0 Å². The molecule has 1 saturated carbocycles. The van der Waals surface area contributed by atoms with Gasteiger partial charge in [-0.2, -0.15) is 0 Å². The zero-order chi connectivity index (χ0) is 18.7. The van der Waals surface area contributed by atoms with Gasteiger partial charge in [-0.3, -0.25) is 9.59 Å². The minimum Gasteiger partial charge on any atom is -0.492 e. The second-order valence-corrected chi connectivity index (χ2v) is 6.89. The average Bonchev–Trinajstić information content (AvgIpc) is 3.42. The first-order chi connectivity index (χ1) is 12.5. The van der Waals surface area contributed by atoms with Crippen molar-refractivity contribution in [1.82, 2.24) is 0 Å². The number of halogens is 2. The maximum atomic E-state index is 12.8. The number of nitrogens with one attached hydrogen (secondary N) is 2. The third-order valence-electron chi connectivity index (χ3n) is 4.23. The molecule has 1 fully saturated rings. The lowest BCUT2D eigenvalue weighted by molar-refractivity contribution is -0.131. The molecule has 0 bridgehead atoms. The van der Waals surface area contributed by atoms with Crippen molar-refractivity contribution in [2.24, 2.45) is 5.41 Å². The van der Waals surface area contributed by atoms with Crippen LogP contribution in [-0.4, -0.2) is 18.4 Å². The Labute approximate surface area is 161 Å². The molecule has 5 nitrogen and oxygen atoms in total. The van der Waals surface area contributed by atoms with Crippen LogP contribution in [0.1, 0.15) is 19.8 Å². The number of hydrogen-bond acceptors (Lipinski definition) is 3. The van der Waals surface area contributed by atoms with Crippen LogP contribution in [0.2, 0.25) is 10.0 Å². The fraction of sp³-hybridized carbons (Fsp3) is 0.263. The van der Waals surface area contributed by atoms with E-state index in [0.29, 0.717) is 46.6 Å². The van der Waals surface area contributed by atoms with Gasteiger partial charge in [0.15, 0.2) is 0 Å². The Morgan fingerprint density at radius 3 is 2.35 bits per heavy atom. The molecule has 2 amide bonds. The van der Waals surface area contributed by atoms with Crippen LogP contribution in [0.4, 0.5) is 11.4 Å². The summed E-state index contributed by atoms with van der Waals surface area (Å²) in [6.07, 6.45) is 0.944. The second-order valence-electron chi connectivity index (χ2n) is 6.04. The molecule has 26 heavy (non-hydrogen) atoms. The number of ether oxygens (including phenoxy) is 1. The summed E-state index contributed by atoms with van der Waals surface area (Å²) in [5, 5.41) is 6.33. The van der Waals surface area contributed by atoms with E-state index in [-0.39, 0.29) is 5.91 Å². The standard InChI is InChI=1S/C19H18Cl2N2O3/c1-2-26-16-6-4-3-5-14(16)22-17(24)19(9-10-19)18(25)23-15-11-12(20)7-8-13(15)21/h3-8,11H,2,9-10H2,1H3,(H,22,24)(H,23,25). The van der Waals surface area contributed by atoms with Gasteiger partial charge in [-0.05, 0) is 50.1 Å². The summed E-state index contributed by atoms with van der Waals surface area (Å²) in [6.45, 7) is 2.34. The summed E-state index contributed by atoms with van der Waals surface area (Å²) in [6, 6.07) is 11.9. The molecule has 0 atom stereocenters. The third kappa shape index (κ3) is 3.79. The lowest BCUT2D eigenvalue weighted by Gasteiger charge is -2.17. The number of benzene rings is 2. The summed E-state index contributed by atoms with van der Waals surface area (Å²) in [5.74, 6) is -0.189.